The van der Waals surface area contributed by atoms with Crippen LogP contribution >= 0.6 is 34.4 Å². The van der Waals surface area contributed by atoms with Gasteiger partial charge < -0.3 is 9.47 Å². The van der Waals surface area contributed by atoms with E-state index < -0.39 is 5.97 Å². The SMILES string of the molecule is COc1cc(/C=C2\SC(=O)N(Cc3cccc(C)c3)C2=O)ccc1OC(=O)c1ccccc1I. The number of imide groups is 1. The van der Waals surface area contributed by atoms with Crippen LogP contribution in [0.2, 0.25) is 0 Å². The topological polar surface area (TPSA) is 72.9 Å². The molecule has 0 unspecified atom stereocenters. The fourth-order valence-corrected chi connectivity index (χ4v) is 4.87. The van der Waals surface area contributed by atoms with Gasteiger partial charge in [0, 0.05) is 3.57 Å². The molecule has 34 heavy (non-hydrogen) atoms. The van der Waals surface area contributed by atoms with Gasteiger partial charge >= 0.3 is 5.97 Å². The van der Waals surface area contributed by atoms with Crippen molar-refractivity contribution < 1.29 is 23.9 Å². The lowest BCUT2D eigenvalue weighted by Crippen LogP contribution is -2.27. The number of hydrogen-bond donors (Lipinski definition) is 0. The minimum Gasteiger partial charge on any atom is -0.493 e. The molecule has 1 heterocycles. The summed E-state index contributed by atoms with van der Waals surface area (Å²) in [6.45, 7) is 2.19. The maximum atomic E-state index is 12.9. The number of methoxy groups -OCH3 is 1. The van der Waals surface area contributed by atoms with Gasteiger partial charge in [-0.15, -0.1) is 0 Å². The van der Waals surface area contributed by atoms with Gasteiger partial charge in [-0.3, -0.25) is 14.5 Å². The number of carbonyl (C=O) groups excluding carboxylic acids is 3. The third kappa shape index (κ3) is 5.34. The molecule has 0 aromatic heterocycles. The second-order valence-electron chi connectivity index (χ2n) is 7.54. The molecule has 2 amide bonds. The van der Waals surface area contributed by atoms with Gasteiger partial charge in [0.15, 0.2) is 11.5 Å². The Morgan fingerprint density at radius 3 is 2.56 bits per heavy atom. The van der Waals surface area contributed by atoms with Crippen molar-refractivity contribution in [2.45, 2.75) is 13.5 Å². The Bertz CT molecular complexity index is 1320. The highest BCUT2D eigenvalue weighted by molar-refractivity contribution is 14.1. The number of aryl methyl sites for hydroxylation is 1. The number of amides is 2. The molecule has 0 spiro atoms. The molecule has 1 aliphatic heterocycles. The highest BCUT2D eigenvalue weighted by Gasteiger charge is 2.35. The van der Waals surface area contributed by atoms with Crippen LogP contribution in [0.5, 0.6) is 11.5 Å². The number of esters is 1. The molecule has 0 N–H and O–H groups in total. The quantitative estimate of drug-likeness (QED) is 0.152. The molecule has 0 saturated carbocycles. The second kappa shape index (κ2) is 10.4. The summed E-state index contributed by atoms with van der Waals surface area (Å²) in [6, 6.07) is 19.8. The van der Waals surface area contributed by atoms with Gasteiger partial charge in [0.2, 0.25) is 0 Å². The lowest BCUT2D eigenvalue weighted by molar-refractivity contribution is -0.123. The summed E-state index contributed by atoms with van der Waals surface area (Å²) in [5.74, 6) is -0.234. The Labute approximate surface area is 215 Å². The van der Waals surface area contributed by atoms with Crippen molar-refractivity contribution in [2.24, 2.45) is 0 Å². The van der Waals surface area contributed by atoms with Crippen LogP contribution in [-0.2, 0) is 11.3 Å². The first-order valence-corrected chi connectivity index (χ1v) is 12.2. The van der Waals surface area contributed by atoms with E-state index in [2.05, 4.69) is 22.6 Å². The molecule has 8 heteroatoms. The molecule has 3 aromatic carbocycles. The predicted octanol–water partition coefficient (Wildman–Crippen LogP) is 6.06. The van der Waals surface area contributed by atoms with Crippen LogP contribution in [-0.4, -0.2) is 29.1 Å². The second-order valence-corrected chi connectivity index (χ2v) is 9.69. The molecule has 1 aliphatic rings. The number of ether oxygens (including phenoxy) is 2. The average Bonchev–Trinajstić information content (AvgIpc) is 3.07. The summed E-state index contributed by atoms with van der Waals surface area (Å²) in [6.07, 6.45) is 1.63. The highest BCUT2D eigenvalue weighted by Crippen LogP contribution is 2.35. The first-order chi connectivity index (χ1) is 16.4. The van der Waals surface area contributed by atoms with Crippen LogP contribution in [0.1, 0.15) is 27.0 Å². The fraction of sp³-hybridized carbons (Fsp3) is 0.115. The predicted molar refractivity (Wildman–Crippen MR) is 140 cm³/mol. The molecule has 0 radical (unpaired) electrons. The number of nitrogens with zero attached hydrogens (tertiary/aromatic N) is 1. The monoisotopic (exact) mass is 585 g/mol. The first-order valence-electron chi connectivity index (χ1n) is 10.3. The van der Waals surface area contributed by atoms with Crippen molar-refractivity contribution in [1.82, 2.24) is 4.90 Å². The van der Waals surface area contributed by atoms with Crippen LogP contribution in [0, 0.1) is 10.5 Å². The molecule has 0 atom stereocenters. The van der Waals surface area contributed by atoms with Crippen molar-refractivity contribution in [3.8, 4) is 11.5 Å². The molecule has 3 aromatic rings. The van der Waals surface area contributed by atoms with Crippen molar-refractivity contribution in [3.63, 3.8) is 0 Å². The lowest BCUT2D eigenvalue weighted by Gasteiger charge is -2.13. The molecular weight excluding hydrogens is 565 g/mol. The van der Waals surface area contributed by atoms with E-state index in [1.165, 1.54) is 12.0 Å². The maximum Gasteiger partial charge on any atom is 0.344 e. The van der Waals surface area contributed by atoms with Crippen molar-refractivity contribution >= 4 is 57.5 Å². The first kappa shape index (κ1) is 24.0. The maximum absolute atomic E-state index is 12.9. The lowest BCUT2D eigenvalue weighted by atomic mass is 10.1. The van der Waals surface area contributed by atoms with Crippen molar-refractivity contribution in [1.29, 1.82) is 0 Å². The minimum absolute atomic E-state index is 0.222. The van der Waals surface area contributed by atoms with Crippen LogP contribution in [0.15, 0.2) is 71.6 Å². The summed E-state index contributed by atoms with van der Waals surface area (Å²) >= 11 is 2.98. The summed E-state index contributed by atoms with van der Waals surface area (Å²) in [5, 5.41) is -0.312. The van der Waals surface area contributed by atoms with Gasteiger partial charge in [-0.1, -0.05) is 48.0 Å². The Hall–Kier alpha value is -3.11. The third-order valence-corrected chi connectivity index (χ3v) is 6.93. The summed E-state index contributed by atoms with van der Waals surface area (Å²) in [7, 11) is 1.47. The molecule has 4 rings (SSSR count). The Morgan fingerprint density at radius 1 is 1.03 bits per heavy atom. The standard InChI is InChI=1S/C26H20INO5S/c1-16-6-5-7-18(12-16)15-28-24(29)23(34-26(28)31)14-17-10-11-21(22(13-17)32-2)33-25(30)19-8-3-4-9-20(19)27/h3-14H,15H2,1-2H3/b23-14-. The smallest absolute Gasteiger partial charge is 0.344 e. The Kier molecular flexibility index (Phi) is 7.38. The Balaban J connectivity index is 1.53. The van der Waals surface area contributed by atoms with Gasteiger partial charge in [0.1, 0.15) is 0 Å². The zero-order valence-corrected chi connectivity index (χ0v) is 21.4. The molecule has 6 nitrogen and oxygen atoms in total. The van der Waals surface area contributed by atoms with Gasteiger partial charge in [-0.25, -0.2) is 4.79 Å². The van der Waals surface area contributed by atoms with E-state index in [9.17, 15) is 14.4 Å². The van der Waals surface area contributed by atoms with E-state index in [-0.39, 0.29) is 23.4 Å². The van der Waals surface area contributed by atoms with Gasteiger partial charge in [-0.2, -0.15) is 0 Å². The van der Waals surface area contributed by atoms with E-state index in [0.717, 1.165) is 26.5 Å². The Morgan fingerprint density at radius 2 is 1.82 bits per heavy atom. The number of benzene rings is 3. The normalized spacial score (nSPS) is 14.6. The molecule has 1 fully saturated rings. The number of thioether (sulfide) groups is 1. The summed E-state index contributed by atoms with van der Waals surface area (Å²) < 4.78 is 11.7. The number of halogens is 1. The van der Waals surface area contributed by atoms with Gasteiger partial charge in [-0.05, 0) is 82.7 Å². The summed E-state index contributed by atoms with van der Waals surface area (Å²) in [4.78, 5) is 39.5. The molecule has 1 saturated heterocycles. The average molecular weight is 585 g/mol. The van der Waals surface area contributed by atoms with E-state index in [0.29, 0.717) is 21.8 Å². The third-order valence-electron chi connectivity index (χ3n) is 5.08. The van der Waals surface area contributed by atoms with Gasteiger partial charge in [0.25, 0.3) is 11.1 Å². The van der Waals surface area contributed by atoms with E-state index in [1.54, 1.807) is 36.4 Å². The molecule has 0 bridgehead atoms. The van der Waals surface area contributed by atoms with E-state index in [4.69, 9.17) is 9.47 Å². The van der Waals surface area contributed by atoms with Crippen LogP contribution in [0.3, 0.4) is 0 Å². The van der Waals surface area contributed by atoms with E-state index >= 15 is 0 Å². The van der Waals surface area contributed by atoms with E-state index in [1.807, 2.05) is 43.3 Å². The zero-order chi connectivity index (χ0) is 24.2. The molecular formula is C26H20INO5S. The number of carbonyl (C=O) groups is 3. The number of rotatable bonds is 6. The van der Waals surface area contributed by atoms with Crippen molar-refractivity contribution in [3.05, 3.63) is 97.5 Å². The van der Waals surface area contributed by atoms with Crippen LogP contribution in [0.4, 0.5) is 4.79 Å². The number of hydrogen-bond acceptors (Lipinski definition) is 6. The minimum atomic E-state index is -0.492. The molecule has 172 valence electrons. The van der Waals surface area contributed by atoms with Gasteiger partial charge in [0.05, 0.1) is 24.1 Å². The largest absolute Gasteiger partial charge is 0.493 e. The van der Waals surface area contributed by atoms with Crippen LogP contribution < -0.4 is 9.47 Å². The van der Waals surface area contributed by atoms with Crippen LogP contribution in [0.25, 0.3) is 6.08 Å². The summed E-state index contributed by atoms with van der Waals surface area (Å²) in [5.41, 5.74) is 3.06. The van der Waals surface area contributed by atoms with Crippen molar-refractivity contribution in [2.75, 3.05) is 7.11 Å². The highest BCUT2D eigenvalue weighted by atomic mass is 127. The molecule has 0 aliphatic carbocycles. The fourth-order valence-electron chi connectivity index (χ4n) is 3.42. The zero-order valence-electron chi connectivity index (χ0n) is 18.4.